The van der Waals surface area contributed by atoms with E-state index in [0.717, 1.165) is 5.56 Å². The maximum absolute atomic E-state index is 11.6. The molecule has 0 unspecified atom stereocenters. The Morgan fingerprint density at radius 2 is 1.88 bits per heavy atom. The summed E-state index contributed by atoms with van der Waals surface area (Å²) >= 11 is 0. The van der Waals surface area contributed by atoms with E-state index in [1.54, 1.807) is 31.4 Å². The van der Waals surface area contributed by atoms with Crippen LogP contribution < -0.4 is 4.74 Å². The van der Waals surface area contributed by atoms with Gasteiger partial charge >= 0.3 is 5.97 Å². The van der Waals surface area contributed by atoms with Crippen molar-refractivity contribution in [1.82, 2.24) is 0 Å². The summed E-state index contributed by atoms with van der Waals surface area (Å²) in [5.74, 6) is -0.0201. The van der Waals surface area contributed by atoms with Gasteiger partial charge in [0.1, 0.15) is 18.4 Å². The van der Waals surface area contributed by atoms with Crippen molar-refractivity contribution in [3.05, 3.63) is 36.1 Å². The van der Waals surface area contributed by atoms with E-state index in [2.05, 4.69) is 0 Å². The van der Waals surface area contributed by atoms with Gasteiger partial charge in [-0.15, -0.1) is 0 Å². The highest BCUT2D eigenvalue weighted by Gasteiger charge is 2.22. The molecule has 0 amide bonds. The number of cyclic esters (lactones) is 1. The molecule has 0 aromatic heterocycles. The molecule has 1 aromatic carbocycles. The number of hydrogen-bond donors (Lipinski definition) is 0. The number of methoxy groups -OCH3 is 1. The lowest BCUT2D eigenvalue weighted by atomic mass is 10.00. The van der Waals surface area contributed by atoms with E-state index in [1.165, 1.54) is 6.26 Å². The van der Waals surface area contributed by atoms with Crippen LogP contribution in [0.25, 0.3) is 5.57 Å². The third-order valence-electron chi connectivity index (χ3n) is 2.31. The van der Waals surface area contributed by atoms with E-state index >= 15 is 0 Å². The number of esters is 1. The van der Waals surface area contributed by atoms with Crippen molar-refractivity contribution in [2.75, 3.05) is 7.11 Å². The number of hydrogen-bond acceptors (Lipinski definition) is 4. The summed E-state index contributed by atoms with van der Waals surface area (Å²) in [7, 11) is 1.57. The Morgan fingerprint density at radius 1 is 1.19 bits per heavy atom. The number of carbonyl (C=O) groups excluding carboxylic acids is 2. The SMILES string of the molecule is COc1ccc(C2=COC(=O)CC2=O)cc1. The first kappa shape index (κ1) is 10.4. The lowest BCUT2D eigenvalue weighted by molar-refractivity contribution is -0.141. The number of benzene rings is 1. The molecule has 1 heterocycles. The van der Waals surface area contributed by atoms with Gasteiger partial charge in [-0.1, -0.05) is 12.1 Å². The molecule has 82 valence electrons. The van der Waals surface area contributed by atoms with Gasteiger partial charge in [0.05, 0.1) is 12.7 Å². The van der Waals surface area contributed by atoms with E-state index in [1.807, 2.05) is 0 Å². The minimum Gasteiger partial charge on any atom is -0.497 e. The number of rotatable bonds is 2. The lowest BCUT2D eigenvalue weighted by Crippen LogP contribution is -2.16. The Labute approximate surface area is 92.5 Å². The van der Waals surface area contributed by atoms with Crippen LogP contribution in [0, 0.1) is 0 Å². The predicted molar refractivity (Wildman–Crippen MR) is 56.7 cm³/mol. The molecular weight excluding hydrogens is 208 g/mol. The second kappa shape index (κ2) is 4.18. The third kappa shape index (κ3) is 1.95. The van der Waals surface area contributed by atoms with Crippen molar-refractivity contribution in [3.63, 3.8) is 0 Å². The van der Waals surface area contributed by atoms with E-state index < -0.39 is 5.97 Å². The molecule has 0 spiro atoms. The van der Waals surface area contributed by atoms with E-state index in [4.69, 9.17) is 9.47 Å². The first-order valence-electron chi connectivity index (χ1n) is 4.78. The van der Waals surface area contributed by atoms with Crippen LogP contribution in [-0.2, 0) is 14.3 Å². The van der Waals surface area contributed by atoms with Gasteiger partial charge in [0.2, 0.25) is 0 Å². The minimum atomic E-state index is -0.512. The zero-order valence-electron chi connectivity index (χ0n) is 8.73. The summed E-state index contributed by atoms with van der Waals surface area (Å²) in [5, 5.41) is 0. The van der Waals surface area contributed by atoms with Gasteiger partial charge in [-0.05, 0) is 17.7 Å². The van der Waals surface area contributed by atoms with Crippen LogP contribution in [0.2, 0.25) is 0 Å². The zero-order chi connectivity index (χ0) is 11.5. The molecule has 1 aromatic rings. The topological polar surface area (TPSA) is 52.6 Å². The minimum absolute atomic E-state index is 0.197. The summed E-state index contributed by atoms with van der Waals surface area (Å²) < 4.78 is 9.73. The third-order valence-corrected chi connectivity index (χ3v) is 2.31. The van der Waals surface area contributed by atoms with Crippen LogP contribution in [0.5, 0.6) is 5.75 Å². The summed E-state index contributed by atoms with van der Waals surface area (Å²) in [5.41, 5.74) is 1.14. The zero-order valence-corrected chi connectivity index (χ0v) is 8.73. The van der Waals surface area contributed by atoms with Crippen LogP contribution >= 0.6 is 0 Å². The second-order valence-corrected chi connectivity index (χ2v) is 3.35. The van der Waals surface area contributed by atoms with Crippen LogP contribution in [0.1, 0.15) is 12.0 Å². The molecule has 0 bridgehead atoms. The van der Waals surface area contributed by atoms with Gasteiger partial charge in [0, 0.05) is 0 Å². The highest BCUT2D eigenvalue weighted by Crippen LogP contribution is 2.23. The Hall–Kier alpha value is -2.10. The largest absolute Gasteiger partial charge is 0.497 e. The number of carbonyl (C=O) groups is 2. The molecule has 0 N–H and O–H groups in total. The van der Waals surface area contributed by atoms with Crippen molar-refractivity contribution in [2.45, 2.75) is 6.42 Å². The highest BCUT2D eigenvalue weighted by molar-refractivity contribution is 6.26. The fourth-order valence-corrected chi connectivity index (χ4v) is 1.46. The first-order valence-corrected chi connectivity index (χ1v) is 4.78. The van der Waals surface area contributed by atoms with E-state index in [0.29, 0.717) is 11.3 Å². The van der Waals surface area contributed by atoms with E-state index in [-0.39, 0.29) is 12.2 Å². The molecule has 2 rings (SSSR count). The first-order chi connectivity index (χ1) is 7.70. The van der Waals surface area contributed by atoms with Gasteiger partial charge in [-0.25, -0.2) is 0 Å². The molecule has 1 aliphatic rings. The van der Waals surface area contributed by atoms with Crippen molar-refractivity contribution < 1.29 is 19.1 Å². The standard InChI is InChI=1S/C12H10O4/c1-15-9-4-2-8(3-5-9)10-7-16-12(14)6-11(10)13/h2-5,7H,6H2,1H3. The van der Waals surface area contributed by atoms with Crippen LogP contribution in [0.15, 0.2) is 30.5 Å². The molecular formula is C12H10O4. The highest BCUT2D eigenvalue weighted by atomic mass is 16.5. The lowest BCUT2D eigenvalue weighted by Gasteiger charge is -2.11. The van der Waals surface area contributed by atoms with Gasteiger partial charge in [0.15, 0.2) is 5.78 Å². The molecule has 1 aliphatic heterocycles. The van der Waals surface area contributed by atoms with Crippen LogP contribution in [0.3, 0.4) is 0 Å². The Morgan fingerprint density at radius 3 is 2.44 bits per heavy atom. The van der Waals surface area contributed by atoms with Crippen LogP contribution in [0.4, 0.5) is 0 Å². The average molecular weight is 218 g/mol. The Balaban J connectivity index is 2.30. The monoisotopic (exact) mass is 218 g/mol. The van der Waals surface area contributed by atoms with Gasteiger partial charge in [-0.3, -0.25) is 9.59 Å². The predicted octanol–water partition coefficient (Wildman–Crippen LogP) is 1.55. The number of Topliss-reactive ketones (excluding diaryl/α,β-unsaturated/α-hetero) is 1. The van der Waals surface area contributed by atoms with Gasteiger partial charge < -0.3 is 9.47 Å². The molecule has 0 aliphatic carbocycles. The molecule has 4 nitrogen and oxygen atoms in total. The van der Waals surface area contributed by atoms with Gasteiger partial charge in [-0.2, -0.15) is 0 Å². The molecule has 0 radical (unpaired) electrons. The van der Waals surface area contributed by atoms with Crippen molar-refractivity contribution in [3.8, 4) is 5.75 Å². The fourth-order valence-electron chi connectivity index (χ4n) is 1.46. The molecule has 4 heteroatoms. The maximum Gasteiger partial charge on any atom is 0.318 e. The number of ether oxygens (including phenoxy) is 2. The molecule has 0 saturated heterocycles. The summed E-state index contributed by atoms with van der Waals surface area (Å²) in [6, 6.07) is 7.00. The molecule has 0 saturated carbocycles. The van der Waals surface area contributed by atoms with Crippen molar-refractivity contribution in [1.29, 1.82) is 0 Å². The summed E-state index contributed by atoms with van der Waals surface area (Å²) in [6.07, 6.45) is 1.01. The van der Waals surface area contributed by atoms with Crippen LogP contribution in [-0.4, -0.2) is 18.9 Å². The average Bonchev–Trinajstić information content (AvgIpc) is 2.29. The molecule has 16 heavy (non-hydrogen) atoms. The van der Waals surface area contributed by atoms with Gasteiger partial charge in [0.25, 0.3) is 0 Å². The Bertz CT molecular complexity index is 456. The number of ketones is 1. The molecule has 0 atom stereocenters. The Kier molecular flexibility index (Phi) is 2.72. The van der Waals surface area contributed by atoms with E-state index in [9.17, 15) is 9.59 Å². The van der Waals surface area contributed by atoms with Crippen molar-refractivity contribution in [2.24, 2.45) is 0 Å². The summed E-state index contributed by atoms with van der Waals surface area (Å²) in [4.78, 5) is 22.4. The number of allylic oxidation sites excluding steroid dienone is 1. The normalized spacial score (nSPS) is 15.4. The summed E-state index contributed by atoms with van der Waals surface area (Å²) in [6.45, 7) is 0. The second-order valence-electron chi connectivity index (χ2n) is 3.35. The smallest absolute Gasteiger partial charge is 0.318 e. The van der Waals surface area contributed by atoms with Crippen molar-refractivity contribution >= 4 is 17.3 Å². The quantitative estimate of drug-likeness (QED) is 0.558. The molecule has 0 fully saturated rings. The maximum atomic E-state index is 11.6. The fraction of sp³-hybridized carbons (Fsp3) is 0.167.